The van der Waals surface area contributed by atoms with Gasteiger partial charge in [0.15, 0.2) is 0 Å². The third kappa shape index (κ3) is 7.38. The third-order valence-corrected chi connectivity index (χ3v) is 3.90. The molecule has 0 aliphatic heterocycles. The van der Waals surface area contributed by atoms with E-state index in [1.54, 1.807) is 0 Å². The third-order valence-electron chi connectivity index (χ3n) is 1.56. The van der Waals surface area contributed by atoms with Gasteiger partial charge in [0.2, 0.25) is 0 Å². The summed E-state index contributed by atoms with van der Waals surface area (Å²) in [5.41, 5.74) is 0. The Balaban J connectivity index is 3.33. The Morgan fingerprint density at radius 3 is 2.77 bits per heavy atom. The predicted molar refractivity (Wildman–Crippen MR) is 58.5 cm³/mol. The number of aliphatic carboxylic acids is 1. The number of hydrogen-bond donors (Lipinski definition) is 3. The Bertz CT molecular complexity index is 146. The van der Waals surface area contributed by atoms with E-state index >= 15 is 0 Å². The normalized spacial score (nSPS) is 12.8. The van der Waals surface area contributed by atoms with Crippen LogP contribution in [0.25, 0.3) is 0 Å². The molecule has 0 saturated heterocycles. The van der Waals surface area contributed by atoms with E-state index in [4.69, 9.17) is 5.11 Å². The van der Waals surface area contributed by atoms with Crippen molar-refractivity contribution in [2.24, 2.45) is 0 Å². The molecule has 1 atom stereocenters. The maximum absolute atomic E-state index is 10.5. The standard InChI is InChI=1S/C8H17NO2SSe/c1-2-3-4-5-13-9-7(6-12)8(10)11/h7,9,12H,2-6H2,1H3,(H,10,11). The molecule has 5 heteroatoms. The summed E-state index contributed by atoms with van der Waals surface area (Å²) in [6.45, 7) is 2.16. The van der Waals surface area contributed by atoms with Crippen LogP contribution < -0.4 is 4.33 Å². The number of carboxylic acids is 1. The summed E-state index contributed by atoms with van der Waals surface area (Å²) < 4.78 is 3.01. The minimum absolute atomic E-state index is 0.251. The average Bonchev–Trinajstić information content (AvgIpc) is 2.10. The summed E-state index contributed by atoms with van der Waals surface area (Å²) in [5, 5.41) is 9.78. The number of rotatable bonds is 8. The zero-order valence-corrected chi connectivity index (χ0v) is 10.4. The minimum atomic E-state index is -0.799. The van der Waals surface area contributed by atoms with Gasteiger partial charge in [-0.05, 0) is 0 Å². The quantitative estimate of drug-likeness (QED) is 0.353. The van der Waals surface area contributed by atoms with Gasteiger partial charge < -0.3 is 0 Å². The van der Waals surface area contributed by atoms with Gasteiger partial charge in [0, 0.05) is 0 Å². The van der Waals surface area contributed by atoms with Crippen molar-refractivity contribution < 1.29 is 9.90 Å². The van der Waals surface area contributed by atoms with Gasteiger partial charge in [-0.25, -0.2) is 0 Å². The molecule has 0 heterocycles. The van der Waals surface area contributed by atoms with Crippen molar-refractivity contribution in [1.29, 1.82) is 0 Å². The molecule has 2 N–H and O–H groups in total. The van der Waals surface area contributed by atoms with Gasteiger partial charge in [0.05, 0.1) is 0 Å². The van der Waals surface area contributed by atoms with Gasteiger partial charge in [-0.3, -0.25) is 0 Å². The van der Waals surface area contributed by atoms with Crippen molar-refractivity contribution in [2.75, 3.05) is 5.75 Å². The molecular weight excluding hydrogens is 253 g/mol. The molecule has 0 aliphatic rings. The molecule has 78 valence electrons. The second-order valence-electron chi connectivity index (χ2n) is 2.75. The fourth-order valence-corrected chi connectivity index (χ4v) is 3.06. The fraction of sp³-hybridized carbons (Fsp3) is 0.875. The predicted octanol–water partition coefficient (Wildman–Crippen LogP) is 1.19. The van der Waals surface area contributed by atoms with Crippen LogP contribution in [0, 0.1) is 0 Å². The molecule has 0 amide bonds. The van der Waals surface area contributed by atoms with E-state index in [9.17, 15) is 4.79 Å². The zero-order chi connectivity index (χ0) is 10.1. The van der Waals surface area contributed by atoms with E-state index in [1.165, 1.54) is 19.3 Å². The van der Waals surface area contributed by atoms with Gasteiger partial charge in [-0.2, -0.15) is 0 Å². The van der Waals surface area contributed by atoms with Crippen molar-refractivity contribution in [3.63, 3.8) is 0 Å². The molecule has 0 aromatic heterocycles. The summed E-state index contributed by atoms with van der Waals surface area (Å²) in [4.78, 5) is 10.5. The molecule has 0 radical (unpaired) electrons. The first-order chi connectivity index (χ1) is 6.22. The van der Waals surface area contributed by atoms with Gasteiger partial charge in [-0.15, -0.1) is 0 Å². The summed E-state index contributed by atoms with van der Waals surface area (Å²) >= 11 is 4.22. The van der Waals surface area contributed by atoms with Crippen LogP contribution >= 0.6 is 12.6 Å². The molecular formula is C8H17NO2SSe. The van der Waals surface area contributed by atoms with Crippen molar-refractivity contribution in [3.05, 3.63) is 0 Å². The molecule has 0 fully saturated rings. The number of thiol groups is 1. The van der Waals surface area contributed by atoms with E-state index in [2.05, 4.69) is 23.9 Å². The Labute approximate surface area is 91.4 Å². The van der Waals surface area contributed by atoms with Gasteiger partial charge in [0.25, 0.3) is 0 Å². The fourth-order valence-electron chi connectivity index (χ4n) is 0.750. The number of hydrogen-bond acceptors (Lipinski definition) is 3. The van der Waals surface area contributed by atoms with E-state index in [0.29, 0.717) is 5.75 Å². The molecule has 0 bridgehead atoms. The number of carboxylic acid groups (broad SMARTS) is 1. The molecule has 3 nitrogen and oxygen atoms in total. The number of nitrogens with one attached hydrogen (secondary N) is 1. The van der Waals surface area contributed by atoms with Crippen molar-refractivity contribution >= 4 is 33.8 Å². The molecule has 1 unspecified atom stereocenters. The maximum atomic E-state index is 10.5. The van der Waals surface area contributed by atoms with Crippen LogP contribution in [0.15, 0.2) is 0 Å². The summed E-state index contributed by atoms with van der Waals surface area (Å²) in [6, 6.07) is -0.468. The molecule has 0 rings (SSSR count). The Morgan fingerprint density at radius 1 is 1.62 bits per heavy atom. The van der Waals surface area contributed by atoms with Crippen LogP contribution in [0.4, 0.5) is 0 Å². The molecule has 0 spiro atoms. The van der Waals surface area contributed by atoms with Gasteiger partial charge in [-0.1, -0.05) is 0 Å². The number of carbonyl (C=O) groups is 1. The van der Waals surface area contributed by atoms with Gasteiger partial charge in [0.1, 0.15) is 0 Å². The van der Waals surface area contributed by atoms with Crippen LogP contribution in [-0.2, 0) is 4.79 Å². The van der Waals surface area contributed by atoms with Crippen molar-refractivity contribution in [2.45, 2.75) is 37.5 Å². The van der Waals surface area contributed by atoms with E-state index < -0.39 is 12.0 Å². The Morgan fingerprint density at radius 2 is 2.31 bits per heavy atom. The molecule has 0 aromatic rings. The first kappa shape index (κ1) is 13.3. The second kappa shape index (κ2) is 8.88. The topological polar surface area (TPSA) is 49.3 Å². The summed E-state index contributed by atoms with van der Waals surface area (Å²) in [7, 11) is 0. The van der Waals surface area contributed by atoms with Gasteiger partial charge >= 0.3 is 91.3 Å². The monoisotopic (exact) mass is 271 g/mol. The molecule has 0 aliphatic carbocycles. The number of unbranched alkanes of at least 4 members (excludes halogenated alkanes) is 2. The molecule has 13 heavy (non-hydrogen) atoms. The first-order valence-electron chi connectivity index (χ1n) is 4.43. The van der Waals surface area contributed by atoms with Crippen LogP contribution in [0.3, 0.4) is 0 Å². The SMILES string of the molecule is CCCCC[Se]NC(CS)C(=O)O. The molecule has 0 aromatic carbocycles. The average molecular weight is 270 g/mol. The van der Waals surface area contributed by atoms with Crippen molar-refractivity contribution in [3.8, 4) is 0 Å². The molecule has 0 saturated carbocycles. The van der Waals surface area contributed by atoms with E-state index in [1.807, 2.05) is 0 Å². The van der Waals surface area contributed by atoms with E-state index in [-0.39, 0.29) is 15.2 Å². The Kier molecular flexibility index (Phi) is 9.08. The van der Waals surface area contributed by atoms with Crippen LogP contribution in [0.1, 0.15) is 26.2 Å². The van der Waals surface area contributed by atoms with E-state index in [0.717, 1.165) is 5.32 Å². The Hall–Kier alpha value is 0.299. The summed E-state index contributed by atoms with van der Waals surface area (Å²) in [5.74, 6) is -0.433. The second-order valence-corrected chi connectivity index (χ2v) is 5.07. The first-order valence-corrected chi connectivity index (χ1v) is 7.13. The van der Waals surface area contributed by atoms with Crippen LogP contribution in [0.5, 0.6) is 0 Å². The van der Waals surface area contributed by atoms with Crippen LogP contribution in [0.2, 0.25) is 5.32 Å². The van der Waals surface area contributed by atoms with Crippen molar-refractivity contribution in [1.82, 2.24) is 4.33 Å². The summed E-state index contributed by atoms with van der Waals surface area (Å²) in [6.07, 6.45) is 3.65. The zero-order valence-electron chi connectivity index (χ0n) is 7.82. The van der Waals surface area contributed by atoms with Crippen LogP contribution in [-0.4, -0.2) is 38.0 Å².